The molecule has 5 aromatic rings. The Labute approximate surface area is 311 Å². The number of esters is 1. The molecule has 0 bridgehead atoms. The van der Waals surface area contributed by atoms with Gasteiger partial charge in [-0.3, -0.25) is 14.3 Å². The number of hydrogen-bond donors (Lipinski definition) is 4. The summed E-state index contributed by atoms with van der Waals surface area (Å²) in [4.78, 5) is 48.8. The first-order valence-electron chi connectivity index (χ1n) is 17.3. The third-order valence-electron chi connectivity index (χ3n) is 9.11. The first kappa shape index (κ1) is 37.1. The molecular formula is C40H40ClN6O6+. The van der Waals surface area contributed by atoms with Crippen LogP contribution in [0, 0.1) is 6.92 Å². The standard InChI is InChI=1S/C40H39ClN6O6/c1-5-7-22-47(51,52)39(49)29-13-9-11-15-31(29)45-38(48)34-24(3)43-37(36(40(50)53-6-2)35(34)28-12-8-10-14-30(28)41)26-16-18-27(19-17-26)46-25(4)44-32-23-42-21-20-33(32)46/h8-21,23,35,51-52H,5-7,22H2,1-4H3,(H-,43,45,48,49,50)/p+1. The average Bonchev–Trinajstić information content (AvgIpc) is 3.49. The van der Waals surface area contributed by atoms with Gasteiger partial charge in [-0.1, -0.05) is 67.4 Å². The fourth-order valence-electron chi connectivity index (χ4n) is 6.60. The number of allylic oxidation sites excluding steroid dienone is 1. The molecule has 0 aliphatic carbocycles. The Balaban J connectivity index is 1.45. The van der Waals surface area contributed by atoms with Gasteiger partial charge in [0.25, 0.3) is 5.91 Å². The van der Waals surface area contributed by atoms with E-state index in [9.17, 15) is 24.8 Å². The molecule has 1 unspecified atom stereocenters. The Kier molecular flexibility index (Phi) is 10.9. The SMILES string of the molecule is CCCC[N+](O)(O)C(=O)c1ccccc1NC(=O)C1=C(C)NC(c2ccc(-n3c(C)nc4cnccc43)cc2)=C(C(=O)OCC)C1c1ccccc1Cl. The molecule has 272 valence electrons. The Bertz CT molecular complexity index is 2280. The molecule has 0 saturated heterocycles. The summed E-state index contributed by atoms with van der Waals surface area (Å²) in [6, 6.07) is 22.5. The van der Waals surface area contributed by atoms with Crippen LogP contribution < -0.4 is 10.6 Å². The Hall–Kier alpha value is -5.66. The summed E-state index contributed by atoms with van der Waals surface area (Å²) in [6.45, 7) is 7.04. The fourth-order valence-corrected chi connectivity index (χ4v) is 6.85. The number of dihydropyridines is 1. The normalized spacial score (nSPS) is 14.7. The van der Waals surface area contributed by atoms with Crippen LogP contribution in [-0.4, -0.2) is 60.7 Å². The molecule has 1 aliphatic rings. The largest absolute Gasteiger partial charge is 0.463 e. The molecule has 1 atom stereocenters. The van der Waals surface area contributed by atoms with Crippen molar-refractivity contribution in [3.8, 4) is 5.69 Å². The van der Waals surface area contributed by atoms with Crippen molar-refractivity contribution < 1.29 is 34.3 Å². The molecule has 2 aromatic heterocycles. The maximum absolute atomic E-state index is 14.5. The molecule has 0 spiro atoms. The number of para-hydroxylation sites is 1. The first-order chi connectivity index (χ1) is 25.5. The molecule has 1 aliphatic heterocycles. The second kappa shape index (κ2) is 15.5. The summed E-state index contributed by atoms with van der Waals surface area (Å²) in [5.41, 5.74) is 4.76. The van der Waals surface area contributed by atoms with Crippen LogP contribution in [0.25, 0.3) is 22.4 Å². The number of pyridine rings is 1. The number of carbonyl (C=O) groups excluding carboxylic acids is 3. The zero-order chi connectivity index (χ0) is 37.9. The minimum Gasteiger partial charge on any atom is -0.463 e. The van der Waals surface area contributed by atoms with E-state index in [-0.39, 0.29) is 35.5 Å². The molecular weight excluding hydrogens is 696 g/mol. The molecule has 13 heteroatoms. The summed E-state index contributed by atoms with van der Waals surface area (Å²) >= 11 is 6.81. The van der Waals surface area contributed by atoms with Gasteiger partial charge in [0.1, 0.15) is 16.9 Å². The highest BCUT2D eigenvalue weighted by atomic mass is 35.5. The van der Waals surface area contributed by atoms with Crippen LogP contribution in [0.15, 0.2) is 108 Å². The van der Waals surface area contributed by atoms with Gasteiger partial charge in [0, 0.05) is 39.4 Å². The van der Waals surface area contributed by atoms with Gasteiger partial charge < -0.3 is 15.4 Å². The van der Waals surface area contributed by atoms with Gasteiger partial charge in [0.05, 0.1) is 41.2 Å². The van der Waals surface area contributed by atoms with Gasteiger partial charge in [0.2, 0.25) is 0 Å². The van der Waals surface area contributed by atoms with Crippen molar-refractivity contribution >= 4 is 51.8 Å². The lowest BCUT2D eigenvalue weighted by atomic mass is 9.78. The second-order valence-electron chi connectivity index (χ2n) is 12.6. The van der Waals surface area contributed by atoms with Crippen molar-refractivity contribution in [1.29, 1.82) is 0 Å². The zero-order valence-electron chi connectivity index (χ0n) is 29.8. The smallest absolute Gasteiger partial charge is 0.412 e. The van der Waals surface area contributed by atoms with E-state index in [0.717, 1.165) is 22.5 Å². The number of anilines is 1. The van der Waals surface area contributed by atoms with Gasteiger partial charge in [0.15, 0.2) is 6.54 Å². The fraction of sp³-hybridized carbons (Fsp3) is 0.225. The number of benzene rings is 3. The number of unbranched alkanes of at least 4 members (excludes halogenated alkanes) is 1. The molecule has 3 aromatic carbocycles. The molecule has 4 N–H and O–H groups in total. The lowest BCUT2D eigenvalue weighted by Crippen LogP contribution is -2.47. The number of hydroxylamine groups is 4. The number of quaternary nitrogens is 1. The lowest BCUT2D eigenvalue weighted by molar-refractivity contribution is -1.19. The molecule has 0 saturated carbocycles. The molecule has 0 fully saturated rings. The van der Waals surface area contributed by atoms with E-state index in [1.54, 1.807) is 62.6 Å². The highest BCUT2D eigenvalue weighted by molar-refractivity contribution is 6.31. The maximum Gasteiger partial charge on any atom is 0.412 e. The van der Waals surface area contributed by atoms with Crippen LogP contribution in [0.5, 0.6) is 0 Å². The number of aromatic nitrogens is 3. The van der Waals surface area contributed by atoms with E-state index in [2.05, 4.69) is 20.6 Å². The van der Waals surface area contributed by atoms with E-state index >= 15 is 0 Å². The minimum absolute atomic E-state index is 0.0592. The van der Waals surface area contributed by atoms with Crippen LogP contribution in [0.1, 0.15) is 66.8 Å². The van der Waals surface area contributed by atoms with Crippen LogP contribution in [0.2, 0.25) is 5.02 Å². The summed E-state index contributed by atoms with van der Waals surface area (Å²) in [6.07, 6.45) is 4.45. The van der Waals surface area contributed by atoms with E-state index < -0.39 is 28.5 Å². The number of carbonyl (C=O) groups is 3. The number of nitrogens with zero attached hydrogens (tertiary/aromatic N) is 4. The number of imidazole rings is 1. The molecule has 12 nitrogen and oxygen atoms in total. The number of amides is 2. The maximum atomic E-state index is 14.5. The predicted octanol–water partition coefficient (Wildman–Crippen LogP) is 7.49. The summed E-state index contributed by atoms with van der Waals surface area (Å²) < 4.78 is 7.63. The van der Waals surface area contributed by atoms with E-state index in [4.69, 9.17) is 16.3 Å². The van der Waals surface area contributed by atoms with Crippen molar-refractivity contribution in [2.75, 3.05) is 18.5 Å². The summed E-state index contributed by atoms with van der Waals surface area (Å²) in [7, 11) is 0. The molecule has 53 heavy (non-hydrogen) atoms. The highest BCUT2D eigenvalue weighted by Crippen LogP contribution is 2.44. The summed E-state index contributed by atoms with van der Waals surface area (Å²) in [5.74, 6) is -2.53. The van der Waals surface area contributed by atoms with Crippen molar-refractivity contribution in [3.63, 3.8) is 0 Å². The highest BCUT2D eigenvalue weighted by Gasteiger charge is 2.41. The van der Waals surface area contributed by atoms with E-state index in [0.29, 0.717) is 40.4 Å². The lowest BCUT2D eigenvalue weighted by Gasteiger charge is -2.32. The second-order valence-corrected chi connectivity index (χ2v) is 13.1. The predicted molar refractivity (Wildman–Crippen MR) is 200 cm³/mol. The number of nitrogens with one attached hydrogen (secondary N) is 2. The van der Waals surface area contributed by atoms with Gasteiger partial charge in [-0.05, 0) is 68.3 Å². The van der Waals surface area contributed by atoms with Crippen molar-refractivity contribution in [3.05, 3.63) is 136 Å². The number of aryl methyl sites for hydroxylation is 1. The zero-order valence-corrected chi connectivity index (χ0v) is 30.5. The summed E-state index contributed by atoms with van der Waals surface area (Å²) in [5, 5.41) is 27.6. The number of ether oxygens (including phenoxy) is 1. The van der Waals surface area contributed by atoms with Gasteiger partial charge in [-0.2, -0.15) is 10.4 Å². The topological polar surface area (TPSA) is 156 Å². The number of hydrogen-bond acceptors (Lipinski definition) is 9. The van der Waals surface area contributed by atoms with Crippen LogP contribution in [0.3, 0.4) is 0 Å². The van der Waals surface area contributed by atoms with Crippen molar-refractivity contribution in [2.45, 2.75) is 46.5 Å². The van der Waals surface area contributed by atoms with Gasteiger partial charge >= 0.3 is 11.9 Å². The number of rotatable bonds is 11. The molecule has 2 amide bonds. The molecule has 6 rings (SSSR count). The van der Waals surface area contributed by atoms with Crippen LogP contribution >= 0.6 is 11.6 Å². The first-order valence-corrected chi connectivity index (χ1v) is 17.7. The quantitative estimate of drug-likeness (QED) is 0.0467. The number of fused-ring (bicyclic) bond motifs is 1. The van der Waals surface area contributed by atoms with Crippen molar-refractivity contribution in [1.82, 2.24) is 19.9 Å². The average molecular weight is 736 g/mol. The number of halogens is 1. The van der Waals surface area contributed by atoms with Crippen molar-refractivity contribution in [2.24, 2.45) is 0 Å². The Morgan fingerprint density at radius 1 is 0.962 bits per heavy atom. The minimum atomic E-state index is -1.86. The van der Waals surface area contributed by atoms with E-state index in [1.807, 2.05) is 48.7 Å². The van der Waals surface area contributed by atoms with Gasteiger partial charge in [-0.25, -0.2) is 14.6 Å². The van der Waals surface area contributed by atoms with Gasteiger partial charge in [-0.15, -0.1) is 0 Å². The Morgan fingerprint density at radius 2 is 1.68 bits per heavy atom. The Morgan fingerprint density at radius 3 is 2.40 bits per heavy atom. The third kappa shape index (κ3) is 7.35. The molecule has 0 radical (unpaired) electrons. The van der Waals surface area contributed by atoms with E-state index in [1.165, 1.54) is 12.1 Å². The van der Waals surface area contributed by atoms with Crippen LogP contribution in [-0.2, 0) is 14.3 Å². The monoisotopic (exact) mass is 735 g/mol. The molecule has 3 heterocycles. The third-order valence-corrected chi connectivity index (χ3v) is 9.46. The van der Waals surface area contributed by atoms with Crippen LogP contribution in [0.4, 0.5) is 5.69 Å².